The molecule has 0 aliphatic carbocycles. The zero-order chi connectivity index (χ0) is 49.6. The third kappa shape index (κ3) is 11.8. The highest BCUT2D eigenvalue weighted by molar-refractivity contribution is 7.22. The molecule has 2 N–H and O–H groups in total. The maximum Gasteiger partial charge on any atom is 0.307 e. The zero-order valence-electron chi connectivity index (χ0n) is 39.7. The number of fused-ring (bicyclic) bond motifs is 7. The number of nitrogens with zero attached hydrogens (tertiary/aromatic N) is 7. The van der Waals surface area contributed by atoms with Gasteiger partial charge >= 0.3 is 5.97 Å². The second kappa shape index (κ2) is 23.0. The number of likely N-dealkylation sites (N-methyl/N-ethyl adjacent to an activating group) is 1. The van der Waals surface area contributed by atoms with Crippen molar-refractivity contribution < 1.29 is 47.8 Å². The number of methoxy groups -OCH3 is 1. The monoisotopic (exact) mass is 1030 g/mol. The smallest absolute Gasteiger partial charge is 0.307 e. The Balaban J connectivity index is 1.05. The van der Waals surface area contributed by atoms with Crippen molar-refractivity contribution in [3.63, 3.8) is 0 Å². The molecule has 20 heteroatoms. The SMILES string of the molecule is COCCOCCOCC1CN(c2nccc(COc3ccc4cc3C[C@@H](C(=O)O)Cc3ncnc5sc(-c6ccc(F)cc6)c(c35)-c3c(C)c(Cl)c(c(Cl)c3O)O[C@H](CN3CCN(C)CC3)CO4)n2)C1. The van der Waals surface area contributed by atoms with Crippen molar-refractivity contribution in [1.82, 2.24) is 29.7 Å². The van der Waals surface area contributed by atoms with E-state index in [0.29, 0.717) is 117 Å². The van der Waals surface area contributed by atoms with E-state index >= 15 is 0 Å². The summed E-state index contributed by atoms with van der Waals surface area (Å²) >= 11 is 15.7. The molecule has 0 unspecified atom stereocenters. The summed E-state index contributed by atoms with van der Waals surface area (Å²) in [5.74, 6) is -0.854. The first-order valence-electron chi connectivity index (χ1n) is 23.6. The molecule has 4 bridgehead atoms. The van der Waals surface area contributed by atoms with E-state index in [2.05, 4.69) is 31.7 Å². The molecule has 2 atom stereocenters. The molecule has 4 aliphatic heterocycles. The van der Waals surface area contributed by atoms with E-state index in [1.807, 2.05) is 0 Å². The number of rotatable bonds is 16. The molecule has 0 radical (unpaired) electrons. The van der Waals surface area contributed by atoms with Gasteiger partial charge in [-0.3, -0.25) is 9.69 Å². The lowest BCUT2D eigenvalue weighted by atomic mass is 9.90. The van der Waals surface area contributed by atoms with Crippen molar-refractivity contribution in [2.45, 2.75) is 32.5 Å². The number of piperazine rings is 1. The first-order valence-corrected chi connectivity index (χ1v) is 25.1. The number of thiophene rings is 1. The van der Waals surface area contributed by atoms with Crippen molar-refractivity contribution in [3.05, 3.63) is 99.4 Å². The van der Waals surface area contributed by atoms with Gasteiger partial charge in [-0.15, -0.1) is 11.3 Å². The number of aliphatic carboxylic acids is 1. The maximum absolute atomic E-state index is 14.4. The van der Waals surface area contributed by atoms with Crippen LogP contribution in [0.2, 0.25) is 10.0 Å². The Morgan fingerprint density at radius 1 is 0.944 bits per heavy atom. The number of anilines is 1. The second-order valence-electron chi connectivity index (χ2n) is 18.1. The molecule has 16 nitrogen and oxygen atoms in total. The molecule has 7 heterocycles. The van der Waals surface area contributed by atoms with Gasteiger partial charge in [-0.25, -0.2) is 24.3 Å². The van der Waals surface area contributed by atoms with Gasteiger partial charge in [-0.2, -0.15) is 0 Å². The largest absolute Gasteiger partial charge is 0.506 e. The average Bonchev–Trinajstić information content (AvgIpc) is 3.74. The number of halogens is 3. The molecule has 2 saturated heterocycles. The Bertz CT molecular complexity index is 2800. The fourth-order valence-corrected chi connectivity index (χ4v) is 10.8. The summed E-state index contributed by atoms with van der Waals surface area (Å²) in [6.07, 6.45) is 2.47. The average molecular weight is 1030 g/mol. The van der Waals surface area contributed by atoms with E-state index in [4.69, 9.17) is 61.6 Å². The summed E-state index contributed by atoms with van der Waals surface area (Å²) in [5.41, 5.74) is 3.53. The Morgan fingerprint density at radius 2 is 1.72 bits per heavy atom. The van der Waals surface area contributed by atoms with Crippen LogP contribution in [0.4, 0.5) is 10.3 Å². The van der Waals surface area contributed by atoms with Gasteiger partial charge in [0.25, 0.3) is 0 Å². The lowest BCUT2D eigenvalue weighted by Crippen LogP contribution is -2.49. The van der Waals surface area contributed by atoms with Crippen LogP contribution in [-0.2, 0) is 38.5 Å². The normalized spacial score (nSPS) is 18.0. The highest BCUT2D eigenvalue weighted by Crippen LogP contribution is 2.55. The Kier molecular flexibility index (Phi) is 16.3. The number of phenolic OH excluding ortho intramolecular Hbond substituents is 1. The number of aromatic hydroxyl groups is 1. The van der Waals surface area contributed by atoms with Crippen molar-refractivity contribution in [3.8, 4) is 44.6 Å². The lowest BCUT2D eigenvalue weighted by Gasteiger charge is -2.39. The van der Waals surface area contributed by atoms with Gasteiger partial charge in [0.05, 0.1) is 55.4 Å². The molecule has 4 aliphatic rings. The number of carboxylic acids is 1. The molecule has 3 aromatic carbocycles. The number of hydrogen-bond acceptors (Lipinski definition) is 16. The maximum atomic E-state index is 14.4. The minimum atomic E-state index is -1.06. The van der Waals surface area contributed by atoms with Gasteiger partial charge in [-0.1, -0.05) is 35.3 Å². The summed E-state index contributed by atoms with van der Waals surface area (Å²) < 4.78 is 50.4. The van der Waals surface area contributed by atoms with Gasteiger partial charge in [0.2, 0.25) is 5.95 Å². The summed E-state index contributed by atoms with van der Waals surface area (Å²) in [7, 11) is 3.72. The summed E-state index contributed by atoms with van der Waals surface area (Å²) in [5, 5.41) is 23.8. The Morgan fingerprint density at radius 3 is 2.49 bits per heavy atom. The molecule has 0 amide bonds. The molecule has 2 fully saturated rings. The van der Waals surface area contributed by atoms with E-state index in [1.165, 1.54) is 29.8 Å². The van der Waals surface area contributed by atoms with Gasteiger partial charge in [0.15, 0.2) is 5.75 Å². The number of phenols is 1. The minimum Gasteiger partial charge on any atom is -0.506 e. The number of carboxylic acid groups (broad SMARTS) is 1. The lowest BCUT2D eigenvalue weighted by molar-refractivity contribution is -0.141. The molecule has 6 aromatic rings. The predicted octanol–water partition coefficient (Wildman–Crippen LogP) is 7.84. The number of aromatic nitrogens is 4. The van der Waals surface area contributed by atoms with Crippen molar-refractivity contribution in [1.29, 1.82) is 0 Å². The zero-order valence-corrected chi connectivity index (χ0v) is 42.1. The van der Waals surface area contributed by atoms with E-state index in [9.17, 15) is 19.4 Å². The standard InChI is InChI=1S/C51H56Cl2FN7O9S/c1-30-41-43-42-39(56-29-57-49(42)71-48(43)32-4-6-35(54)7-5-32)22-34(50(63)64)20-33-21-37(68-28-38(25-60-14-12-59(2)13-15-60)70-47(44(30)52)45(53)46(41)62)8-9-40(33)69-27-36-10-11-55-51(58-36)61-23-31(24-61)26-67-19-18-66-17-16-65-3/h4-11,21,29,31,34,38,62H,12-20,22-28H2,1-3H3,(H,63,64)/t34-,38-/m1/s1. The van der Waals surface area contributed by atoms with Crippen molar-refractivity contribution >= 4 is 56.7 Å². The van der Waals surface area contributed by atoms with Crippen LogP contribution in [0.15, 0.2) is 61.1 Å². The highest BCUT2D eigenvalue weighted by Gasteiger charge is 2.33. The van der Waals surface area contributed by atoms with Crippen LogP contribution in [0.1, 0.15) is 22.5 Å². The van der Waals surface area contributed by atoms with E-state index in [0.717, 1.165) is 39.3 Å². The predicted molar refractivity (Wildman–Crippen MR) is 269 cm³/mol. The van der Waals surface area contributed by atoms with Crippen LogP contribution in [0, 0.1) is 24.6 Å². The van der Waals surface area contributed by atoms with Gasteiger partial charge < -0.3 is 48.4 Å². The molecule has 71 heavy (non-hydrogen) atoms. The minimum absolute atomic E-state index is 0.0284. The van der Waals surface area contributed by atoms with E-state index in [-0.39, 0.29) is 47.6 Å². The first-order chi connectivity index (χ1) is 34.4. The molecule has 10 rings (SSSR count). The topological polar surface area (TPSA) is 174 Å². The van der Waals surface area contributed by atoms with Crippen LogP contribution < -0.4 is 19.1 Å². The second-order valence-corrected chi connectivity index (χ2v) is 19.8. The Hall–Kier alpha value is -5.44. The van der Waals surface area contributed by atoms with Crippen molar-refractivity contribution in [2.75, 3.05) is 105 Å². The third-order valence-corrected chi connectivity index (χ3v) is 15.0. The van der Waals surface area contributed by atoms with Crippen LogP contribution in [-0.4, -0.2) is 152 Å². The van der Waals surface area contributed by atoms with Crippen molar-refractivity contribution in [2.24, 2.45) is 11.8 Å². The molecule has 376 valence electrons. The highest BCUT2D eigenvalue weighted by atomic mass is 35.5. The first kappa shape index (κ1) is 50.5. The van der Waals surface area contributed by atoms with Gasteiger partial charge in [0, 0.05) is 92.8 Å². The number of benzene rings is 3. The fraction of sp³-hybridized carbons (Fsp3) is 0.431. The van der Waals surface area contributed by atoms with Gasteiger partial charge in [-0.05, 0) is 73.5 Å². The molecule has 0 saturated carbocycles. The van der Waals surface area contributed by atoms with Crippen LogP contribution in [0.3, 0.4) is 0 Å². The van der Waals surface area contributed by atoms with E-state index < -0.39 is 23.8 Å². The number of ether oxygens (including phenoxy) is 6. The Labute approximate surface area is 425 Å². The van der Waals surface area contributed by atoms with E-state index in [1.54, 1.807) is 56.6 Å². The quantitative estimate of drug-likeness (QED) is 0.0897. The molecular formula is C51H56Cl2FN7O9S. The van der Waals surface area contributed by atoms with Gasteiger partial charge in [0.1, 0.15) is 58.6 Å². The van der Waals surface area contributed by atoms with Crippen LogP contribution in [0.5, 0.6) is 23.0 Å². The summed E-state index contributed by atoms with van der Waals surface area (Å²) in [6, 6.07) is 13.1. The number of hydrogen-bond donors (Lipinski definition) is 2. The van der Waals surface area contributed by atoms with Crippen LogP contribution in [0.25, 0.3) is 31.8 Å². The molecule has 3 aromatic heterocycles. The summed E-state index contributed by atoms with van der Waals surface area (Å²) in [6.45, 7) is 9.93. The number of carbonyl (C=O) groups is 1. The third-order valence-electron chi connectivity index (χ3n) is 13.0. The summed E-state index contributed by atoms with van der Waals surface area (Å²) in [4.78, 5) is 39.9. The molecule has 0 spiro atoms. The molecular weight excluding hydrogens is 977 g/mol. The fourth-order valence-electron chi connectivity index (χ4n) is 9.08. The van der Waals surface area contributed by atoms with Crippen LogP contribution >= 0.6 is 34.5 Å².